The molecule has 1 atom stereocenters. The van der Waals surface area contributed by atoms with Gasteiger partial charge in [0.15, 0.2) is 0 Å². The number of anilines is 2. The molecule has 0 spiro atoms. The molecule has 10 heteroatoms. The molecule has 0 aliphatic carbocycles. The molecule has 2 aliphatic rings. The lowest BCUT2D eigenvalue weighted by Gasteiger charge is -2.26. The van der Waals surface area contributed by atoms with Gasteiger partial charge in [-0.3, -0.25) is 9.59 Å². The smallest absolute Gasteiger partial charge is 0.243 e. The number of morpholine rings is 1. The van der Waals surface area contributed by atoms with Gasteiger partial charge in [-0.15, -0.1) is 0 Å². The predicted molar refractivity (Wildman–Crippen MR) is 118 cm³/mol. The highest BCUT2D eigenvalue weighted by atomic mass is 32.2. The molecule has 9 nitrogen and oxygen atoms in total. The molecule has 0 bridgehead atoms. The summed E-state index contributed by atoms with van der Waals surface area (Å²) >= 11 is 0. The van der Waals surface area contributed by atoms with Gasteiger partial charge < -0.3 is 19.7 Å². The summed E-state index contributed by atoms with van der Waals surface area (Å²) < 4.78 is 37.6. The third-order valence-corrected chi connectivity index (χ3v) is 7.46. The summed E-state index contributed by atoms with van der Waals surface area (Å²) in [7, 11) is -2.12. The summed E-state index contributed by atoms with van der Waals surface area (Å²) in [5.74, 6) is -0.401. The monoisotopic (exact) mass is 459 g/mol. The highest BCUT2D eigenvalue weighted by Gasteiger charge is 2.35. The van der Waals surface area contributed by atoms with E-state index < -0.39 is 15.9 Å². The van der Waals surface area contributed by atoms with Crippen LogP contribution < -0.4 is 15.0 Å². The van der Waals surface area contributed by atoms with Crippen LogP contribution in [0.1, 0.15) is 6.42 Å². The first-order valence-corrected chi connectivity index (χ1v) is 11.8. The number of nitrogens with zero attached hydrogens (tertiary/aromatic N) is 2. The van der Waals surface area contributed by atoms with Gasteiger partial charge in [0.1, 0.15) is 5.75 Å². The number of benzene rings is 2. The summed E-state index contributed by atoms with van der Waals surface area (Å²) in [5.41, 5.74) is 1.04. The van der Waals surface area contributed by atoms with Crippen molar-refractivity contribution in [1.29, 1.82) is 0 Å². The number of nitrogens with one attached hydrogen (secondary N) is 1. The van der Waals surface area contributed by atoms with Crippen molar-refractivity contribution in [3.05, 3.63) is 48.5 Å². The molecule has 2 heterocycles. The molecule has 32 heavy (non-hydrogen) atoms. The number of carbonyl (C=O) groups excluding carboxylic acids is 2. The molecular formula is C22H25N3O6S. The first-order valence-electron chi connectivity index (χ1n) is 10.3. The minimum absolute atomic E-state index is 0.0782. The Morgan fingerprint density at radius 2 is 1.88 bits per heavy atom. The highest BCUT2D eigenvalue weighted by molar-refractivity contribution is 7.89. The Morgan fingerprint density at radius 3 is 2.62 bits per heavy atom. The topological polar surface area (TPSA) is 105 Å². The van der Waals surface area contributed by atoms with Gasteiger partial charge in [0.25, 0.3) is 0 Å². The van der Waals surface area contributed by atoms with E-state index in [1.807, 2.05) is 0 Å². The summed E-state index contributed by atoms with van der Waals surface area (Å²) in [6.07, 6.45) is 0.0782. The van der Waals surface area contributed by atoms with Crippen molar-refractivity contribution in [3.8, 4) is 5.75 Å². The molecule has 0 unspecified atom stereocenters. The molecule has 1 N–H and O–H groups in total. The fraction of sp³-hybridized carbons (Fsp3) is 0.364. The predicted octanol–water partition coefficient (Wildman–Crippen LogP) is 1.71. The molecule has 0 aromatic heterocycles. The van der Waals surface area contributed by atoms with Crippen molar-refractivity contribution in [3.63, 3.8) is 0 Å². The summed E-state index contributed by atoms with van der Waals surface area (Å²) in [4.78, 5) is 27.0. The molecule has 2 amide bonds. The largest absolute Gasteiger partial charge is 0.497 e. The quantitative estimate of drug-likeness (QED) is 0.705. The number of sulfonamides is 1. The Balaban J connectivity index is 1.45. The second kappa shape index (κ2) is 9.27. The minimum atomic E-state index is -3.67. The number of carbonyl (C=O) groups is 2. The SMILES string of the molecule is COc1cccc(N2C[C@H](C(=O)Nc3cccc(S(=O)(=O)N4CCOCC4)c3)CC2=O)c1. The fourth-order valence-corrected chi connectivity index (χ4v) is 5.28. The van der Waals surface area contributed by atoms with Crippen LogP contribution in [0.15, 0.2) is 53.4 Å². The van der Waals surface area contributed by atoms with E-state index in [1.165, 1.54) is 16.4 Å². The fourth-order valence-electron chi connectivity index (χ4n) is 3.83. The number of amides is 2. The molecule has 4 rings (SSSR count). The van der Waals surface area contributed by atoms with Gasteiger partial charge >= 0.3 is 0 Å². The summed E-state index contributed by atoms with van der Waals surface area (Å²) in [6, 6.07) is 13.3. The Labute approximate surface area is 187 Å². The van der Waals surface area contributed by atoms with E-state index in [0.717, 1.165) is 0 Å². The van der Waals surface area contributed by atoms with Crippen LogP contribution in [0.5, 0.6) is 5.75 Å². The van der Waals surface area contributed by atoms with Gasteiger partial charge in [0, 0.05) is 43.5 Å². The Hall–Kier alpha value is -2.95. The number of methoxy groups -OCH3 is 1. The normalized spacial score (nSPS) is 19.7. The van der Waals surface area contributed by atoms with Crippen molar-refractivity contribution in [2.75, 3.05) is 50.2 Å². The Kier molecular flexibility index (Phi) is 6.45. The van der Waals surface area contributed by atoms with Crippen molar-refractivity contribution in [1.82, 2.24) is 4.31 Å². The lowest BCUT2D eigenvalue weighted by atomic mass is 10.1. The zero-order chi connectivity index (χ0) is 22.7. The molecular weight excluding hydrogens is 434 g/mol. The molecule has 2 saturated heterocycles. The summed E-state index contributed by atoms with van der Waals surface area (Å²) in [6.45, 7) is 1.54. The molecule has 2 aromatic rings. The Morgan fingerprint density at radius 1 is 1.12 bits per heavy atom. The second-order valence-electron chi connectivity index (χ2n) is 7.64. The second-order valence-corrected chi connectivity index (χ2v) is 9.58. The van der Waals surface area contributed by atoms with Gasteiger partial charge in [-0.2, -0.15) is 4.31 Å². The zero-order valence-electron chi connectivity index (χ0n) is 17.7. The minimum Gasteiger partial charge on any atom is -0.497 e. The number of rotatable bonds is 6. The van der Waals surface area contributed by atoms with Gasteiger partial charge in [-0.1, -0.05) is 12.1 Å². The van der Waals surface area contributed by atoms with E-state index >= 15 is 0 Å². The van der Waals surface area contributed by atoms with Gasteiger partial charge in [-0.25, -0.2) is 8.42 Å². The van der Waals surface area contributed by atoms with Crippen LogP contribution in [-0.4, -0.2) is 64.5 Å². The summed E-state index contributed by atoms with van der Waals surface area (Å²) in [5, 5.41) is 2.76. The van der Waals surface area contributed by atoms with E-state index in [1.54, 1.807) is 48.4 Å². The first-order chi connectivity index (χ1) is 15.4. The first kappa shape index (κ1) is 22.3. The average Bonchev–Trinajstić information content (AvgIpc) is 3.21. The van der Waals surface area contributed by atoms with E-state index in [9.17, 15) is 18.0 Å². The highest BCUT2D eigenvalue weighted by Crippen LogP contribution is 2.29. The van der Waals surface area contributed by atoms with Crippen LogP contribution in [0.3, 0.4) is 0 Å². The molecule has 0 saturated carbocycles. The zero-order valence-corrected chi connectivity index (χ0v) is 18.5. The van der Waals surface area contributed by atoms with Crippen LogP contribution in [0, 0.1) is 5.92 Å². The Bertz CT molecular complexity index is 1110. The van der Waals surface area contributed by atoms with Crippen LogP contribution in [0.4, 0.5) is 11.4 Å². The lowest BCUT2D eigenvalue weighted by molar-refractivity contribution is -0.122. The maximum absolute atomic E-state index is 12.9. The van der Waals surface area contributed by atoms with Gasteiger partial charge in [0.2, 0.25) is 21.8 Å². The van der Waals surface area contributed by atoms with E-state index in [-0.39, 0.29) is 29.7 Å². The van der Waals surface area contributed by atoms with E-state index in [2.05, 4.69) is 5.32 Å². The van der Waals surface area contributed by atoms with Gasteiger partial charge in [0.05, 0.1) is 31.1 Å². The van der Waals surface area contributed by atoms with Crippen molar-refractivity contribution >= 4 is 33.2 Å². The lowest BCUT2D eigenvalue weighted by Crippen LogP contribution is -2.40. The van der Waals surface area contributed by atoms with Crippen LogP contribution in [0.2, 0.25) is 0 Å². The molecule has 0 radical (unpaired) electrons. The average molecular weight is 460 g/mol. The number of hydrogen-bond donors (Lipinski definition) is 1. The van der Waals surface area contributed by atoms with E-state index in [4.69, 9.17) is 9.47 Å². The third-order valence-electron chi connectivity index (χ3n) is 5.57. The van der Waals surface area contributed by atoms with Crippen molar-refractivity contribution in [2.24, 2.45) is 5.92 Å². The van der Waals surface area contributed by atoms with Crippen molar-refractivity contribution < 1.29 is 27.5 Å². The molecule has 2 aromatic carbocycles. The number of ether oxygens (including phenoxy) is 2. The van der Waals surface area contributed by atoms with E-state index in [0.29, 0.717) is 43.4 Å². The maximum Gasteiger partial charge on any atom is 0.243 e. The third kappa shape index (κ3) is 4.62. The van der Waals surface area contributed by atoms with Gasteiger partial charge in [-0.05, 0) is 30.3 Å². The molecule has 2 fully saturated rings. The standard InChI is InChI=1S/C22H25N3O6S/c1-30-19-6-3-5-18(14-19)25-15-16(12-21(25)26)22(27)23-17-4-2-7-20(13-17)32(28,29)24-8-10-31-11-9-24/h2-7,13-14,16H,8-12,15H2,1H3,(H,23,27)/t16-/m1/s1. The van der Waals surface area contributed by atoms with Crippen molar-refractivity contribution in [2.45, 2.75) is 11.3 Å². The number of hydrogen-bond acceptors (Lipinski definition) is 6. The molecule has 2 aliphatic heterocycles. The molecule has 170 valence electrons. The maximum atomic E-state index is 12.9. The van der Waals surface area contributed by atoms with Crippen LogP contribution >= 0.6 is 0 Å². The van der Waals surface area contributed by atoms with Crippen LogP contribution in [-0.2, 0) is 24.3 Å². The van der Waals surface area contributed by atoms with Crippen LogP contribution in [0.25, 0.3) is 0 Å².